The molecule has 0 unspecified atom stereocenters. The molecule has 0 bridgehead atoms. The summed E-state index contributed by atoms with van der Waals surface area (Å²) in [5.74, 6) is 0.0744. The van der Waals surface area contributed by atoms with Crippen molar-refractivity contribution in [2.75, 3.05) is 13.3 Å². The molecule has 1 aromatic heterocycles. The first-order valence-corrected chi connectivity index (χ1v) is 9.00. The third-order valence-electron chi connectivity index (χ3n) is 3.22. The average Bonchev–Trinajstić information content (AvgIpc) is 2.58. The number of rotatable bonds is 6. The summed E-state index contributed by atoms with van der Waals surface area (Å²) >= 11 is 0. The molecule has 0 fully saturated rings. The lowest BCUT2D eigenvalue weighted by Crippen LogP contribution is -2.30. The molecular weight excluding hydrogens is 328 g/mol. The van der Waals surface area contributed by atoms with Crippen molar-refractivity contribution in [3.8, 4) is 5.75 Å². The Labute approximate surface area is 141 Å². The fraction of sp³-hybridized carbons (Fsp3) is 0.176. The molecule has 2 aromatic rings. The van der Waals surface area contributed by atoms with Crippen LogP contribution in [-0.2, 0) is 21.4 Å². The Morgan fingerprint density at radius 1 is 1.21 bits per heavy atom. The van der Waals surface area contributed by atoms with Crippen LogP contribution >= 0.6 is 0 Å². The number of sulfonamides is 1. The number of benzene rings is 1. The zero-order valence-corrected chi connectivity index (χ0v) is 14.2. The van der Waals surface area contributed by atoms with Gasteiger partial charge in [-0.25, -0.2) is 12.7 Å². The van der Waals surface area contributed by atoms with Crippen LogP contribution in [0.1, 0.15) is 11.3 Å². The number of ether oxygens (including phenoxy) is 1. The molecule has 0 saturated heterocycles. The van der Waals surface area contributed by atoms with Crippen molar-refractivity contribution in [3.63, 3.8) is 0 Å². The van der Waals surface area contributed by atoms with Crippen molar-refractivity contribution in [1.82, 2.24) is 9.29 Å². The number of pyridine rings is 1. The number of hydrogen-bond donors (Lipinski definition) is 0. The van der Waals surface area contributed by atoms with Gasteiger partial charge in [0.2, 0.25) is 10.0 Å². The number of carbonyl (C=O) groups excluding carboxylic acids is 1. The molecule has 0 atom stereocenters. The van der Waals surface area contributed by atoms with Gasteiger partial charge in [0, 0.05) is 19.3 Å². The second kappa shape index (κ2) is 7.74. The van der Waals surface area contributed by atoms with Crippen molar-refractivity contribution in [3.05, 3.63) is 66.0 Å². The Hall–Kier alpha value is -2.67. The fourth-order valence-electron chi connectivity index (χ4n) is 1.75. The maximum atomic E-state index is 11.7. The smallest absolute Gasteiger partial charge is 0.259 e. The Morgan fingerprint density at radius 3 is 2.50 bits per heavy atom. The Kier molecular flexibility index (Phi) is 5.70. The summed E-state index contributed by atoms with van der Waals surface area (Å²) in [6.07, 6.45) is 5.45. The van der Waals surface area contributed by atoms with Gasteiger partial charge in [0.05, 0.1) is 11.9 Å². The van der Waals surface area contributed by atoms with Crippen LogP contribution < -0.4 is 4.74 Å². The Bertz CT molecular complexity index is 815. The third-order valence-corrected chi connectivity index (χ3v) is 4.39. The van der Waals surface area contributed by atoms with Crippen molar-refractivity contribution in [2.45, 2.75) is 6.61 Å². The molecular formula is C17H18N2O4S. The van der Waals surface area contributed by atoms with E-state index >= 15 is 0 Å². The van der Waals surface area contributed by atoms with Crippen molar-refractivity contribution >= 4 is 22.0 Å². The first-order chi connectivity index (χ1) is 11.4. The zero-order chi connectivity index (χ0) is 17.6. The Balaban J connectivity index is 1.94. The van der Waals surface area contributed by atoms with E-state index in [2.05, 4.69) is 4.98 Å². The van der Waals surface area contributed by atoms with Crippen molar-refractivity contribution < 1.29 is 17.9 Å². The number of nitrogens with zero attached hydrogens (tertiary/aromatic N) is 2. The quantitative estimate of drug-likeness (QED) is 0.749. The van der Waals surface area contributed by atoms with Gasteiger partial charge < -0.3 is 4.74 Å². The van der Waals surface area contributed by atoms with E-state index in [0.717, 1.165) is 17.5 Å². The van der Waals surface area contributed by atoms with E-state index in [4.69, 9.17) is 4.74 Å². The van der Waals surface area contributed by atoms with E-state index in [1.807, 2.05) is 18.2 Å². The predicted octanol–water partition coefficient (Wildman–Crippen LogP) is 2.09. The van der Waals surface area contributed by atoms with Gasteiger partial charge in [-0.05, 0) is 35.9 Å². The summed E-state index contributed by atoms with van der Waals surface area (Å²) in [5, 5.41) is 0. The van der Waals surface area contributed by atoms with Gasteiger partial charge in [-0.15, -0.1) is 0 Å². The summed E-state index contributed by atoms with van der Waals surface area (Å²) in [4.78, 5) is 15.9. The van der Waals surface area contributed by atoms with Gasteiger partial charge in [0.1, 0.15) is 12.4 Å². The monoisotopic (exact) mass is 346 g/mol. The molecule has 7 heteroatoms. The highest BCUT2D eigenvalue weighted by molar-refractivity contribution is 7.88. The Morgan fingerprint density at radius 2 is 1.92 bits per heavy atom. The minimum Gasteiger partial charge on any atom is -0.487 e. The summed E-state index contributed by atoms with van der Waals surface area (Å²) in [7, 11) is -2.32. The molecule has 2 rings (SSSR count). The minimum absolute atomic E-state index is 0.369. The average molecular weight is 346 g/mol. The van der Waals surface area contributed by atoms with E-state index in [1.165, 1.54) is 13.1 Å². The summed E-state index contributed by atoms with van der Waals surface area (Å²) in [5.41, 5.74) is 1.59. The van der Waals surface area contributed by atoms with Crippen molar-refractivity contribution in [1.29, 1.82) is 0 Å². The summed E-state index contributed by atoms with van der Waals surface area (Å²) < 4.78 is 28.8. The van der Waals surface area contributed by atoms with Crippen LogP contribution in [0.5, 0.6) is 5.75 Å². The van der Waals surface area contributed by atoms with Crippen molar-refractivity contribution in [2.24, 2.45) is 0 Å². The maximum Gasteiger partial charge on any atom is 0.259 e. The lowest BCUT2D eigenvalue weighted by Gasteiger charge is -2.11. The highest BCUT2D eigenvalue weighted by Gasteiger charge is 2.14. The van der Waals surface area contributed by atoms with E-state index < -0.39 is 15.9 Å². The third kappa shape index (κ3) is 5.20. The van der Waals surface area contributed by atoms with Gasteiger partial charge in [0.15, 0.2) is 0 Å². The highest BCUT2D eigenvalue weighted by Crippen LogP contribution is 2.14. The number of amides is 1. The molecule has 1 amide bonds. The van der Waals surface area contributed by atoms with Gasteiger partial charge in [-0.1, -0.05) is 18.2 Å². The fourth-order valence-corrected chi connectivity index (χ4v) is 2.14. The molecule has 0 N–H and O–H groups in total. The second-order valence-electron chi connectivity index (χ2n) is 5.08. The lowest BCUT2D eigenvalue weighted by atomic mass is 10.2. The van der Waals surface area contributed by atoms with Crippen LogP contribution in [-0.4, -0.2) is 36.9 Å². The van der Waals surface area contributed by atoms with Crippen LogP contribution in [0.3, 0.4) is 0 Å². The SMILES string of the molecule is CN(C(=O)C=Cc1ccc(OCc2ccccn2)cc1)S(C)(=O)=O. The molecule has 0 radical (unpaired) electrons. The van der Waals surface area contributed by atoms with Crippen LogP contribution in [0.4, 0.5) is 0 Å². The largest absolute Gasteiger partial charge is 0.487 e. The first-order valence-electron chi connectivity index (χ1n) is 7.15. The first kappa shape index (κ1) is 17.7. The van der Waals surface area contributed by atoms with Crippen LogP contribution in [0.15, 0.2) is 54.7 Å². The van der Waals surface area contributed by atoms with Gasteiger partial charge in [0.25, 0.3) is 5.91 Å². The topological polar surface area (TPSA) is 76.6 Å². The number of aromatic nitrogens is 1. The highest BCUT2D eigenvalue weighted by atomic mass is 32.2. The van der Waals surface area contributed by atoms with E-state index in [9.17, 15) is 13.2 Å². The molecule has 1 aromatic carbocycles. The van der Waals surface area contributed by atoms with Crippen LogP contribution in [0.25, 0.3) is 6.08 Å². The number of likely N-dealkylation sites (N-methyl/N-ethyl adjacent to an activating group) is 1. The molecule has 6 nitrogen and oxygen atoms in total. The van der Waals surface area contributed by atoms with E-state index in [1.54, 1.807) is 36.5 Å². The van der Waals surface area contributed by atoms with Crippen LogP contribution in [0, 0.1) is 0 Å². The molecule has 1 heterocycles. The predicted molar refractivity (Wildman–Crippen MR) is 91.7 cm³/mol. The molecule has 24 heavy (non-hydrogen) atoms. The standard InChI is InChI=1S/C17H18N2O4S/c1-19(24(2,21)22)17(20)11-8-14-6-9-16(10-7-14)23-13-15-5-3-4-12-18-15/h3-12H,13H2,1-2H3. The van der Waals surface area contributed by atoms with Gasteiger partial charge in [-0.3, -0.25) is 9.78 Å². The van der Waals surface area contributed by atoms with Crippen LogP contribution in [0.2, 0.25) is 0 Å². The lowest BCUT2D eigenvalue weighted by molar-refractivity contribution is -0.120. The molecule has 0 saturated carbocycles. The zero-order valence-electron chi connectivity index (χ0n) is 13.4. The molecule has 126 valence electrons. The van der Waals surface area contributed by atoms with E-state index in [-0.39, 0.29) is 0 Å². The maximum absolute atomic E-state index is 11.7. The molecule has 0 aliphatic rings. The number of carbonyl (C=O) groups is 1. The van der Waals surface area contributed by atoms with Gasteiger partial charge in [-0.2, -0.15) is 0 Å². The molecule has 0 aliphatic heterocycles. The van der Waals surface area contributed by atoms with E-state index in [0.29, 0.717) is 16.7 Å². The minimum atomic E-state index is -3.54. The second-order valence-corrected chi connectivity index (χ2v) is 7.09. The van der Waals surface area contributed by atoms with Gasteiger partial charge >= 0.3 is 0 Å². The number of hydrogen-bond acceptors (Lipinski definition) is 5. The molecule has 0 aliphatic carbocycles. The normalized spacial score (nSPS) is 11.4. The molecule has 0 spiro atoms. The summed E-state index contributed by atoms with van der Waals surface area (Å²) in [6.45, 7) is 0.369. The summed E-state index contributed by atoms with van der Waals surface area (Å²) in [6, 6.07) is 12.7.